The number of amides is 2. The van der Waals surface area contributed by atoms with Gasteiger partial charge in [0.2, 0.25) is 11.0 Å². The number of carbonyl (C=O) groups is 2. The van der Waals surface area contributed by atoms with E-state index < -0.39 is 0 Å². The maximum atomic E-state index is 12.4. The zero-order valence-electron chi connectivity index (χ0n) is 13.8. The number of anilines is 2. The zero-order valence-corrected chi connectivity index (χ0v) is 15.4. The van der Waals surface area contributed by atoms with Crippen molar-refractivity contribution in [3.05, 3.63) is 39.7 Å². The summed E-state index contributed by atoms with van der Waals surface area (Å²) in [5.41, 5.74) is 0.546. The molecular weight excluding hydrogens is 362 g/mol. The van der Waals surface area contributed by atoms with Crippen LogP contribution in [0.5, 0.6) is 0 Å². The first-order valence-corrected chi connectivity index (χ1v) is 8.96. The molecule has 3 rings (SSSR count). The molecule has 0 aliphatic heterocycles. The van der Waals surface area contributed by atoms with Gasteiger partial charge in [0.15, 0.2) is 5.13 Å². The lowest BCUT2D eigenvalue weighted by atomic mass is 10.4. The van der Waals surface area contributed by atoms with Crippen LogP contribution in [0.15, 0.2) is 22.8 Å². The second kappa shape index (κ2) is 7.11. The Labute approximate surface area is 151 Å². The molecule has 0 bridgehead atoms. The average Bonchev–Trinajstić information content (AvgIpc) is 3.26. The molecule has 0 saturated carbocycles. The number of aromatic nitrogens is 3. The highest BCUT2D eigenvalue weighted by Gasteiger charge is 2.22. The summed E-state index contributed by atoms with van der Waals surface area (Å²) < 4.78 is 5.29. The van der Waals surface area contributed by atoms with Gasteiger partial charge in [-0.25, -0.2) is 4.98 Å². The van der Waals surface area contributed by atoms with E-state index in [-0.39, 0.29) is 18.4 Å². The summed E-state index contributed by atoms with van der Waals surface area (Å²) in [6.07, 6.45) is 1.55. The molecule has 130 valence electrons. The third-order valence-electron chi connectivity index (χ3n) is 3.24. The van der Waals surface area contributed by atoms with Crippen molar-refractivity contribution in [1.82, 2.24) is 15.2 Å². The Morgan fingerprint density at radius 1 is 1.28 bits per heavy atom. The SMILES string of the molecule is CC(=O)N(Cc1ccco1)c1nc(C)c(C(=O)Nc2nnc(C)s2)s1. The Hall–Kier alpha value is -2.59. The van der Waals surface area contributed by atoms with Gasteiger partial charge in [-0.2, -0.15) is 0 Å². The molecule has 8 nitrogen and oxygen atoms in total. The minimum absolute atomic E-state index is 0.183. The molecule has 0 unspecified atom stereocenters. The molecular formula is C15H15N5O3S2. The van der Waals surface area contributed by atoms with Crippen LogP contribution in [0.2, 0.25) is 0 Å². The number of carbonyl (C=O) groups excluding carboxylic acids is 2. The van der Waals surface area contributed by atoms with Gasteiger partial charge in [-0.3, -0.25) is 19.8 Å². The van der Waals surface area contributed by atoms with Crippen LogP contribution < -0.4 is 10.2 Å². The van der Waals surface area contributed by atoms with E-state index in [4.69, 9.17) is 4.42 Å². The first-order chi connectivity index (χ1) is 11.9. The van der Waals surface area contributed by atoms with E-state index in [2.05, 4.69) is 20.5 Å². The lowest BCUT2D eigenvalue weighted by Gasteiger charge is -2.16. The van der Waals surface area contributed by atoms with Crippen LogP contribution in [0.25, 0.3) is 0 Å². The van der Waals surface area contributed by atoms with Gasteiger partial charge < -0.3 is 4.42 Å². The topological polar surface area (TPSA) is 101 Å². The Kier molecular flexibility index (Phi) is 4.91. The molecule has 0 radical (unpaired) electrons. The van der Waals surface area contributed by atoms with Gasteiger partial charge >= 0.3 is 0 Å². The normalized spacial score (nSPS) is 10.7. The Balaban J connectivity index is 1.82. The molecule has 0 aliphatic rings. The Morgan fingerprint density at radius 2 is 2.08 bits per heavy atom. The third kappa shape index (κ3) is 3.91. The van der Waals surface area contributed by atoms with Crippen molar-refractivity contribution in [3.8, 4) is 0 Å². The Bertz CT molecular complexity index is 900. The highest BCUT2D eigenvalue weighted by atomic mass is 32.1. The minimum atomic E-state index is -0.320. The summed E-state index contributed by atoms with van der Waals surface area (Å²) in [5.74, 6) is 0.133. The second-order valence-corrected chi connectivity index (χ2v) is 7.34. The van der Waals surface area contributed by atoms with Gasteiger partial charge in [0, 0.05) is 6.92 Å². The predicted molar refractivity (Wildman–Crippen MR) is 95.0 cm³/mol. The molecule has 0 aliphatic carbocycles. The first kappa shape index (κ1) is 17.2. The molecule has 0 spiro atoms. The maximum Gasteiger partial charge on any atom is 0.269 e. The van der Waals surface area contributed by atoms with Gasteiger partial charge in [0.25, 0.3) is 5.91 Å². The van der Waals surface area contributed by atoms with E-state index in [0.29, 0.717) is 26.6 Å². The largest absolute Gasteiger partial charge is 0.467 e. The van der Waals surface area contributed by atoms with Crippen LogP contribution >= 0.6 is 22.7 Å². The van der Waals surface area contributed by atoms with Crippen LogP contribution in [0.1, 0.15) is 33.1 Å². The van der Waals surface area contributed by atoms with Crippen molar-refractivity contribution < 1.29 is 14.0 Å². The van der Waals surface area contributed by atoms with Crippen molar-refractivity contribution in [2.24, 2.45) is 0 Å². The van der Waals surface area contributed by atoms with E-state index in [0.717, 1.165) is 16.3 Å². The highest BCUT2D eigenvalue weighted by Crippen LogP contribution is 2.28. The standard InChI is InChI=1S/C15H15N5O3S2/c1-8-12(13(22)17-14-19-18-9(2)24-14)25-15(16-8)20(10(3)21)7-11-5-4-6-23-11/h4-6H,7H2,1-3H3,(H,17,19,22). The van der Waals surface area contributed by atoms with Crippen LogP contribution in [-0.4, -0.2) is 27.0 Å². The lowest BCUT2D eigenvalue weighted by Crippen LogP contribution is -2.27. The number of thiazole rings is 1. The van der Waals surface area contributed by atoms with Gasteiger partial charge in [-0.05, 0) is 26.0 Å². The van der Waals surface area contributed by atoms with E-state index in [1.165, 1.54) is 23.2 Å². The van der Waals surface area contributed by atoms with E-state index >= 15 is 0 Å². The molecule has 0 atom stereocenters. The van der Waals surface area contributed by atoms with Crippen molar-refractivity contribution in [1.29, 1.82) is 0 Å². The Morgan fingerprint density at radius 3 is 2.68 bits per heavy atom. The van der Waals surface area contributed by atoms with Crippen molar-refractivity contribution in [2.75, 3.05) is 10.2 Å². The number of hydrogen-bond acceptors (Lipinski definition) is 8. The molecule has 25 heavy (non-hydrogen) atoms. The average molecular weight is 377 g/mol. The molecule has 10 heteroatoms. The fourth-order valence-corrected chi connectivity index (χ4v) is 3.67. The fraction of sp³-hybridized carbons (Fsp3) is 0.267. The predicted octanol–water partition coefficient (Wildman–Crippen LogP) is 3.01. The molecule has 0 saturated heterocycles. The highest BCUT2D eigenvalue weighted by molar-refractivity contribution is 7.18. The van der Waals surface area contributed by atoms with E-state index in [1.54, 1.807) is 25.3 Å². The second-order valence-electron chi connectivity index (χ2n) is 5.18. The molecule has 3 heterocycles. The summed E-state index contributed by atoms with van der Waals surface area (Å²) in [6.45, 7) is 5.24. The van der Waals surface area contributed by atoms with Crippen molar-refractivity contribution in [2.45, 2.75) is 27.3 Å². The smallest absolute Gasteiger partial charge is 0.269 e. The fourth-order valence-electron chi connectivity index (χ4n) is 2.08. The summed E-state index contributed by atoms with van der Waals surface area (Å²) in [7, 11) is 0. The third-order valence-corrected chi connectivity index (χ3v) is 5.18. The number of nitrogens with one attached hydrogen (secondary N) is 1. The van der Waals surface area contributed by atoms with Gasteiger partial charge in [-0.15, -0.1) is 10.2 Å². The quantitative estimate of drug-likeness (QED) is 0.733. The summed E-state index contributed by atoms with van der Waals surface area (Å²) >= 11 is 2.44. The molecule has 2 amide bonds. The number of hydrogen-bond donors (Lipinski definition) is 1. The van der Waals surface area contributed by atoms with E-state index in [1.807, 2.05) is 6.92 Å². The lowest BCUT2D eigenvalue weighted by molar-refractivity contribution is -0.116. The van der Waals surface area contributed by atoms with E-state index in [9.17, 15) is 9.59 Å². The van der Waals surface area contributed by atoms with Gasteiger partial charge in [0.05, 0.1) is 18.5 Å². The number of nitrogens with zero attached hydrogens (tertiary/aromatic N) is 4. The van der Waals surface area contributed by atoms with Crippen molar-refractivity contribution >= 4 is 44.8 Å². The van der Waals surface area contributed by atoms with Crippen LogP contribution in [0, 0.1) is 13.8 Å². The summed E-state index contributed by atoms with van der Waals surface area (Å²) in [5, 5.41) is 12.1. The molecule has 1 N–H and O–H groups in total. The zero-order chi connectivity index (χ0) is 18.0. The van der Waals surface area contributed by atoms with Crippen LogP contribution in [-0.2, 0) is 11.3 Å². The summed E-state index contributed by atoms with van der Waals surface area (Å²) in [6, 6.07) is 3.53. The van der Waals surface area contributed by atoms with Crippen LogP contribution in [0.4, 0.5) is 10.3 Å². The monoisotopic (exact) mass is 377 g/mol. The first-order valence-electron chi connectivity index (χ1n) is 7.33. The minimum Gasteiger partial charge on any atom is -0.467 e. The number of furan rings is 1. The van der Waals surface area contributed by atoms with Gasteiger partial charge in [-0.1, -0.05) is 22.7 Å². The molecule has 0 aromatic carbocycles. The number of rotatable bonds is 5. The molecule has 0 fully saturated rings. The van der Waals surface area contributed by atoms with Gasteiger partial charge in [0.1, 0.15) is 15.6 Å². The van der Waals surface area contributed by atoms with Crippen LogP contribution in [0.3, 0.4) is 0 Å². The number of aryl methyl sites for hydroxylation is 2. The summed E-state index contributed by atoms with van der Waals surface area (Å²) in [4.78, 5) is 30.7. The molecule has 3 aromatic heterocycles. The maximum absolute atomic E-state index is 12.4. The van der Waals surface area contributed by atoms with Crippen molar-refractivity contribution in [3.63, 3.8) is 0 Å². The molecule has 3 aromatic rings.